The van der Waals surface area contributed by atoms with Gasteiger partial charge in [-0.25, -0.2) is 4.39 Å². The Bertz CT molecular complexity index is 371. The van der Waals surface area contributed by atoms with Crippen LogP contribution in [0.2, 0.25) is 0 Å². The van der Waals surface area contributed by atoms with Crippen LogP contribution >= 0.6 is 11.6 Å². The fraction of sp³-hybridized carbons (Fsp3) is 0.571. The molecule has 2 heteroatoms. The summed E-state index contributed by atoms with van der Waals surface area (Å²) in [4.78, 5) is 0.0851. The van der Waals surface area contributed by atoms with Crippen LogP contribution < -0.4 is 0 Å². The Labute approximate surface area is 101 Å². The van der Waals surface area contributed by atoms with Gasteiger partial charge in [0, 0.05) is 4.87 Å². The normalized spacial score (nSPS) is 37.6. The fourth-order valence-electron chi connectivity index (χ4n) is 3.38. The van der Waals surface area contributed by atoms with Crippen molar-refractivity contribution in [2.45, 2.75) is 48.8 Å². The van der Waals surface area contributed by atoms with Gasteiger partial charge in [-0.05, 0) is 61.6 Å². The molecule has 0 nitrogen and oxygen atoms in total. The zero-order valence-electron chi connectivity index (χ0n) is 9.31. The van der Waals surface area contributed by atoms with Crippen LogP contribution in [0.1, 0.15) is 44.1 Å². The highest BCUT2D eigenvalue weighted by atomic mass is 35.5. The second-order valence-corrected chi connectivity index (χ2v) is 6.24. The Morgan fingerprint density at radius 1 is 0.875 bits per heavy atom. The van der Waals surface area contributed by atoms with E-state index in [-0.39, 0.29) is 10.7 Å². The van der Waals surface area contributed by atoms with Crippen LogP contribution in [0.4, 0.5) is 4.39 Å². The zero-order chi connectivity index (χ0) is 11.2. The molecule has 2 bridgehead atoms. The second-order valence-electron chi connectivity index (χ2n) is 5.44. The van der Waals surface area contributed by atoms with Crippen LogP contribution in [0.5, 0.6) is 0 Å². The Hall–Kier alpha value is -0.560. The first kappa shape index (κ1) is 10.6. The first-order valence-corrected chi connectivity index (χ1v) is 6.45. The predicted octanol–water partition coefficient (Wildman–Crippen LogP) is 4.41. The number of hydrogen-bond acceptors (Lipinski definition) is 0. The van der Waals surface area contributed by atoms with Crippen LogP contribution in [0.3, 0.4) is 0 Å². The first-order chi connectivity index (χ1) is 7.62. The summed E-state index contributed by atoms with van der Waals surface area (Å²) in [5, 5.41) is 0. The summed E-state index contributed by atoms with van der Waals surface area (Å²) in [6, 6.07) is 7.09. The van der Waals surface area contributed by atoms with Crippen LogP contribution in [-0.4, -0.2) is 4.87 Å². The van der Waals surface area contributed by atoms with E-state index in [1.807, 2.05) is 12.1 Å². The van der Waals surface area contributed by atoms with E-state index < -0.39 is 0 Å². The third-order valence-corrected chi connectivity index (χ3v) is 5.18. The quantitative estimate of drug-likeness (QED) is 0.636. The molecule has 3 fully saturated rings. The average Bonchev–Trinajstić information content (AvgIpc) is 2.31. The Morgan fingerprint density at radius 2 is 1.38 bits per heavy atom. The molecule has 0 saturated heterocycles. The number of fused-ring (bicyclic) bond motifs is 3. The lowest BCUT2D eigenvalue weighted by Gasteiger charge is -2.51. The largest absolute Gasteiger partial charge is 0.207 e. The maximum atomic E-state index is 12.9. The summed E-state index contributed by atoms with van der Waals surface area (Å²) in [6.45, 7) is 0. The molecule has 1 aromatic carbocycles. The van der Waals surface area contributed by atoms with Crippen molar-refractivity contribution >= 4 is 11.6 Å². The van der Waals surface area contributed by atoms with Gasteiger partial charge in [0.15, 0.2) is 0 Å². The molecule has 4 rings (SSSR count). The van der Waals surface area contributed by atoms with Gasteiger partial charge in [0.05, 0.1) is 0 Å². The van der Waals surface area contributed by atoms with E-state index in [0.29, 0.717) is 5.41 Å². The predicted molar refractivity (Wildman–Crippen MR) is 64.4 cm³/mol. The van der Waals surface area contributed by atoms with Gasteiger partial charge in [0.1, 0.15) is 5.82 Å². The average molecular weight is 239 g/mol. The molecule has 3 aliphatic rings. The number of hydrogen-bond donors (Lipinski definition) is 0. The molecule has 0 aromatic heterocycles. The van der Waals surface area contributed by atoms with Crippen molar-refractivity contribution in [2.24, 2.45) is 0 Å². The minimum Gasteiger partial charge on any atom is -0.207 e. The number of benzene rings is 1. The minimum absolute atomic E-state index is 0.0851. The van der Waals surface area contributed by atoms with Gasteiger partial charge in [-0.3, -0.25) is 0 Å². The molecule has 0 spiro atoms. The van der Waals surface area contributed by atoms with Gasteiger partial charge in [0.2, 0.25) is 0 Å². The van der Waals surface area contributed by atoms with Crippen molar-refractivity contribution in [3.05, 3.63) is 35.6 Å². The van der Waals surface area contributed by atoms with Gasteiger partial charge in [-0.15, -0.1) is 11.6 Å². The first-order valence-electron chi connectivity index (χ1n) is 6.07. The third-order valence-electron chi connectivity index (χ3n) is 4.61. The zero-order valence-corrected chi connectivity index (χ0v) is 10.1. The summed E-state index contributed by atoms with van der Waals surface area (Å²) in [5.74, 6) is -0.140. The molecule has 0 amide bonds. The lowest BCUT2D eigenvalue weighted by atomic mass is 9.57. The van der Waals surface area contributed by atoms with Gasteiger partial charge in [-0.1, -0.05) is 12.1 Å². The number of alkyl halides is 1. The Morgan fingerprint density at radius 3 is 1.88 bits per heavy atom. The van der Waals surface area contributed by atoms with Crippen molar-refractivity contribution < 1.29 is 4.39 Å². The monoisotopic (exact) mass is 238 g/mol. The summed E-state index contributed by atoms with van der Waals surface area (Å²) in [5.41, 5.74) is 1.61. The Balaban J connectivity index is 1.92. The minimum atomic E-state index is -0.140. The molecular weight excluding hydrogens is 223 g/mol. The molecule has 0 heterocycles. The molecule has 1 aromatic rings. The van der Waals surface area contributed by atoms with E-state index in [0.717, 1.165) is 19.3 Å². The smallest absolute Gasteiger partial charge is 0.123 e. The fourth-order valence-corrected chi connectivity index (χ4v) is 3.66. The van der Waals surface area contributed by atoms with Crippen molar-refractivity contribution in [3.8, 4) is 0 Å². The van der Waals surface area contributed by atoms with Crippen LogP contribution in [-0.2, 0) is 5.41 Å². The SMILES string of the molecule is Fc1ccc(C23CCC(Cl)(CC2)CC3)cc1. The maximum absolute atomic E-state index is 12.9. The topological polar surface area (TPSA) is 0 Å². The molecule has 0 N–H and O–H groups in total. The van der Waals surface area contributed by atoms with Crippen molar-refractivity contribution in [1.82, 2.24) is 0 Å². The lowest BCUT2D eigenvalue weighted by molar-refractivity contribution is 0.154. The van der Waals surface area contributed by atoms with Crippen LogP contribution in [0.25, 0.3) is 0 Å². The second kappa shape index (κ2) is 3.46. The van der Waals surface area contributed by atoms with Gasteiger partial charge < -0.3 is 0 Å². The molecule has 0 unspecified atom stereocenters. The van der Waals surface area contributed by atoms with Crippen LogP contribution in [0.15, 0.2) is 24.3 Å². The highest BCUT2D eigenvalue weighted by molar-refractivity contribution is 6.24. The van der Waals surface area contributed by atoms with E-state index in [2.05, 4.69) is 0 Å². The number of rotatable bonds is 1. The van der Waals surface area contributed by atoms with Crippen LogP contribution in [0, 0.1) is 5.82 Å². The van der Waals surface area contributed by atoms with Crippen molar-refractivity contribution in [1.29, 1.82) is 0 Å². The Kier molecular flexibility index (Phi) is 2.29. The van der Waals surface area contributed by atoms with Crippen molar-refractivity contribution in [3.63, 3.8) is 0 Å². The molecule has 0 atom stereocenters. The lowest BCUT2D eigenvalue weighted by Crippen LogP contribution is -2.45. The van der Waals surface area contributed by atoms with Gasteiger partial charge in [-0.2, -0.15) is 0 Å². The molecule has 0 aliphatic heterocycles. The summed E-state index contributed by atoms with van der Waals surface area (Å²) in [7, 11) is 0. The van der Waals surface area contributed by atoms with E-state index in [9.17, 15) is 4.39 Å². The standard InChI is InChI=1S/C14H16ClF/c15-14-8-5-13(6-9-14,7-10-14)11-1-3-12(16)4-2-11/h1-4H,5-10H2. The maximum Gasteiger partial charge on any atom is 0.123 e. The molecule has 3 aliphatic carbocycles. The third kappa shape index (κ3) is 1.57. The summed E-state index contributed by atoms with van der Waals surface area (Å²) >= 11 is 6.51. The summed E-state index contributed by atoms with van der Waals surface area (Å²) < 4.78 is 12.9. The highest BCUT2D eigenvalue weighted by Crippen LogP contribution is 2.56. The molecule has 16 heavy (non-hydrogen) atoms. The molecular formula is C14H16ClF. The van der Waals surface area contributed by atoms with E-state index in [4.69, 9.17) is 11.6 Å². The molecule has 3 saturated carbocycles. The highest BCUT2D eigenvalue weighted by Gasteiger charge is 2.48. The van der Waals surface area contributed by atoms with Crippen molar-refractivity contribution in [2.75, 3.05) is 0 Å². The molecule has 86 valence electrons. The van der Waals surface area contributed by atoms with E-state index in [1.165, 1.54) is 24.8 Å². The van der Waals surface area contributed by atoms with E-state index >= 15 is 0 Å². The number of halogens is 2. The molecule has 0 radical (unpaired) electrons. The van der Waals surface area contributed by atoms with Gasteiger partial charge >= 0.3 is 0 Å². The van der Waals surface area contributed by atoms with E-state index in [1.54, 1.807) is 12.1 Å². The van der Waals surface area contributed by atoms with Gasteiger partial charge in [0.25, 0.3) is 0 Å². The summed E-state index contributed by atoms with van der Waals surface area (Å²) in [6.07, 6.45) is 6.86.